The first-order valence-corrected chi connectivity index (χ1v) is 6.83. The molecule has 0 amide bonds. The fraction of sp³-hybridized carbons (Fsp3) is 0.714. The molecule has 1 aliphatic heterocycles. The van der Waals surface area contributed by atoms with Crippen LogP contribution < -0.4 is 0 Å². The Morgan fingerprint density at radius 3 is 2.50 bits per heavy atom. The van der Waals surface area contributed by atoms with Crippen LogP contribution >= 0.6 is 0 Å². The largest absolute Gasteiger partial charge is 0.463 e. The van der Waals surface area contributed by atoms with Gasteiger partial charge in [0.1, 0.15) is 6.10 Å². The van der Waals surface area contributed by atoms with Gasteiger partial charge < -0.3 is 19.7 Å². The second-order valence-electron chi connectivity index (χ2n) is 5.05. The number of rotatable bonds is 0. The Hall–Kier alpha value is -1.40. The smallest absolute Gasteiger partial charge is 0.330 e. The van der Waals surface area contributed by atoms with E-state index in [-0.39, 0.29) is 18.9 Å². The summed E-state index contributed by atoms with van der Waals surface area (Å²) < 4.78 is 10.1. The molecule has 20 heavy (non-hydrogen) atoms. The van der Waals surface area contributed by atoms with E-state index in [2.05, 4.69) is 0 Å². The summed E-state index contributed by atoms with van der Waals surface area (Å²) in [6, 6.07) is 0. The van der Waals surface area contributed by atoms with Crippen LogP contribution in [0.4, 0.5) is 0 Å². The highest BCUT2D eigenvalue weighted by atomic mass is 16.6. The number of esters is 2. The Labute approximate surface area is 118 Å². The van der Waals surface area contributed by atoms with Crippen LogP contribution in [-0.2, 0) is 19.1 Å². The van der Waals surface area contributed by atoms with E-state index in [1.54, 1.807) is 13.8 Å². The quantitative estimate of drug-likeness (QED) is 0.637. The maximum Gasteiger partial charge on any atom is 0.330 e. The van der Waals surface area contributed by atoms with Crippen LogP contribution in [0.5, 0.6) is 0 Å². The normalized spacial score (nSPS) is 35.6. The molecule has 0 radical (unpaired) electrons. The van der Waals surface area contributed by atoms with Gasteiger partial charge in [0, 0.05) is 12.5 Å². The first-order chi connectivity index (χ1) is 9.38. The van der Waals surface area contributed by atoms with Crippen molar-refractivity contribution in [3.05, 3.63) is 12.2 Å². The maximum atomic E-state index is 11.5. The minimum atomic E-state index is -0.928. The van der Waals surface area contributed by atoms with E-state index < -0.39 is 30.3 Å². The summed E-state index contributed by atoms with van der Waals surface area (Å²) in [5, 5.41) is 19.4. The van der Waals surface area contributed by atoms with Crippen LogP contribution in [0.25, 0.3) is 0 Å². The topological polar surface area (TPSA) is 93.1 Å². The number of ether oxygens (including phenoxy) is 2. The van der Waals surface area contributed by atoms with Crippen molar-refractivity contribution in [2.24, 2.45) is 0 Å². The van der Waals surface area contributed by atoms with Crippen molar-refractivity contribution in [3.8, 4) is 0 Å². The van der Waals surface area contributed by atoms with E-state index >= 15 is 0 Å². The molecule has 0 bridgehead atoms. The lowest BCUT2D eigenvalue weighted by Crippen LogP contribution is -2.29. The highest BCUT2D eigenvalue weighted by molar-refractivity contribution is 5.82. The fourth-order valence-electron chi connectivity index (χ4n) is 1.84. The van der Waals surface area contributed by atoms with Crippen LogP contribution in [0.1, 0.15) is 39.5 Å². The monoisotopic (exact) mass is 286 g/mol. The standard InChI is InChI=1S/C14H22O6/c1-9-3-4-11(15)5-7-14(18)20-10(2)12(16)6-8-13(17)19-9/h5,7,9-12,15-16H,3-4,6,8H2,1-2H3/b7-5+/t9-,10+,11+,12+/m0/s1. The van der Waals surface area contributed by atoms with Crippen molar-refractivity contribution in [1.29, 1.82) is 0 Å². The van der Waals surface area contributed by atoms with Gasteiger partial charge >= 0.3 is 11.9 Å². The van der Waals surface area contributed by atoms with Crippen molar-refractivity contribution in [2.75, 3.05) is 0 Å². The molecule has 0 fully saturated rings. The minimum Gasteiger partial charge on any atom is -0.463 e. The van der Waals surface area contributed by atoms with Gasteiger partial charge in [-0.2, -0.15) is 0 Å². The zero-order valence-electron chi connectivity index (χ0n) is 11.8. The van der Waals surface area contributed by atoms with Crippen molar-refractivity contribution < 1.29 is 29.3 Å². The van der Waals surface area contributed by atoms with Gasteiger partial charge in [0.25, 0.3) is 0 Å². The molecular weight excluding hydrogens is 264 g/mol. The lowest BCUT2D eigenvalue weighted by atomic mass is 10.1. The SMILES string of the molecule is C[C@H]1CC[C@@H](O)/C=C/C(=O)O[C@H](C)[C@H](O)CCC(=O)O1. The summed E-state index contributed by atoms with van der Waals surface area (Å²) in [5.74, 6) is -1.03. The van der Waals surface area contributed by atoms with Crippen molar-refractivity contribution >= 4 is 11.9 Å². The van der Waals surface area contributed by atoms with Crippen LogP contribution in [0.15, 0.2) is 12.2 Å². The predicted octanol–water partition coefficient (Wildman–Crippen LogP) is 0.702. The first kappa shape index (κ1) is 16.7. The molecule has 0 unspecified atom stereocenters. The summed E-state index contributed by atoms with van der Waals surface area (Å²) in [5.41, 5.74) is 0. The van der Waals surface area contributed by atoms with Crippen LogP contribution in [0, 0.1) is 0 Å². The molecule has 2 N–H and O–H groups in total. The summed E-state index contributed by atoms with van der Waals surface area (Å²) in [4.78, 5) is 23.0. The first-order valence-electron chi connectivity index (χ1n) is 6.83. The number of carbonyl (C=O) groups excluding carboxylic acids is 2. The van der Waals surface area contributed by atoms with Gasteiger partial charge in [0.2, 0.25) is 0 Å². The second kappa shape index (κ2) is 8.01. The summed E-state index contributed by atoms with van der Waals surface area (Å²) >= 11 is 0. The molecule has 6 nitrogen and oxygen atoms in total. The van der Waals surface area contributed by atoms with E-state index in [1.165, 1.54) is 6.08 Å². The Balaban J connectivity index is 2.71. The molecule has 1 heterocycles. The summed E-state index contributed by atoms with van der Waals surface area (Å²) in [7, 11) is 0. The van der Waals surface area contributed by atoms with E-state index in [0.29, 0.717) is 12.8 Å². The van der Waals surface area contributed by atoms with Gasteiger partial charge in [-0.15, -0.1) is 0 Å². The highest BCUT2D eigenvalue weighted by Gasteiger charge is 2.20. The summed E-state index contributed by atoms with van der Waals surface area (Å²) in [6.45, 7) is 3.29. The van der Waals surface area contributed by atoms with Crippen LogP contribution in [-0.4, -0.2) is 46.6 Å². The van der Waals surface area contributed by atoms with Crippen molar-refractivity contribution in [3.63, 3.8) is 0 Å². The van der Waals surface area contributed by atoms with Gasteiger partial charge in [-0.05, 0) is 39.2 Å². The zero-order valence-corrected chi connectivity index (χ0v) is 11.8. The fourth-order valence-corrected chi connectivity index (χ4v) is 1.84. The molecule has 0 saturated heterocycles. The molecule has 0 spiro atoms. The molecule has 4 atom stereocenters. The number of hydrogen-bond acceptors (Lipinski definition) is 6. The Bertz CT molecular complexity index is 365. The van der Waals surface area contributed by atoms with Crippen LogP contribution in [0.2, 0.25) is 0 Å². The number of hydrogen-bond donors (Lipinski definition) is 2. The third-order valence-electron chi connectivity index (χ3n) is 3.14. The molecule has 0 saturated carbocycles. The Morgan fingerprint density at radius 1 is 1.10 bits per heavy atom. The third-order valence-corrected chi connectivity index (χ3v) is 3.14. The number of aliphatic hydroxyl groups excluding tert-OH is 2. The molecule has 1 aliphatic rings. The van der Waals surface area contributed by atoms with Crippen molar-refractivity contribution in [1.82, 2.24) is 0 Å². The molecule has 0 aromatic heterocycles. The molecule has 0 aromatic carbocycles. The zero-order chi connectivity index (χ0) is 15.1. The Morgan fingerprint density at radius 2 is 1.80 bits per heavy atom. The molecule has 1 rings (SSSR count). The van der Waals surface area contributed by atoms with Gasteiger partial charge in [0.15, 0.2) is 0 Å². The Kier molecular flexibility index (Phi) is 6.67. The third kappa shape index (κ3) is 6.16. The average molecular weight is 286 g/mol. The van der Waals surface area contributed by atoms with E-state index in [9.17, 15) is 19.8 Å². The molecular formula is C14H22O6. The van der Waals surface area contributed by atoms with E-state index in [1.807, 2.05) is 0 Å². The number of aliphatic hydroxyl groups is 2. The van der Waals surface area contributed by atoms with E-state index in [4.69, 9.17) is 9.47 Å². The molecule has 0 aliphatic carbocycles. The summed E-state index contributed by atoms with van der Waals surface area (Å²) in [6.07, 6.45) is 0.833. The maximum absolute atomic E-state index is 11.5. The molecule has 0 aromatic rings. The second-order valence-corrected chi connectivity index (χ2v) is 5.05. The number of cyclic esters (lactones) is 2. The van der Waals surface area contributed by atoms with Gasteiger partial charge in [-0.25, -0.2) is 4.79 Å². The van der Waals surface area contributed by atoms with Crippen LogP contribution in [0.3, 0.4) is 0 Å². The minimum absolute atomic E-state index is 0.0613. The average Bonchev–Trinajstić information content (AvgIpc) is 2.39. The van der Waals surface area contributed by atoms with E-state index in [0.717, 1.165) is 6.08 Å². The molecule has 114 valence electrons. The predicted molar refractivity (Wildman–Crippen MR) is 70.7 cm³/mol. The van der Waals surface area contributed by atoms with Gasteiger partial charge in [-0.1, -0.05) is 0 Å². The van der Waals surface area contributed by atoms with Gasteiger partial charge in [-0.3, -0.25) is 4.79 Å². The highest BCUT2D eigenvalue weighted by Crippen LogP contribution is 2.12. The van der Waals surface area contributed by atoms with Crippen molar-refractivity contribution in [2.45, 2.75) is 63.9 Å². The van der Waals surface area contributed by atoms with Gasteiger partial charge in [0.05, 0.1) is 18.3 Å². The number of carbonyl (C=O) groups is 2. The lowest BCUT2D eigenvalue weighted by molar-refractivity contribution is -0.151. The molecule has 6 heteroatoms. The lowest BCUT2D eigenvalue weighted by Gasteiger charge is -2.20.